The molecule has 0 saturated carbocycles. The predicted octanol–water partition coefficient (Wildman–Crippen LogP) is 2.23. The van der Waals surface area contributed by atoms with Crippen molar-refractivity contribution in [3.8, 4) is 11.5 Å². The van der Waals surface area contributed by atoms with E-state index in [-0.39, 0.29) is 18.8 Å². The van der Waals surface area contributed by atoms with Crippen LogP contribution in [0, 0.1) is 10.1 Å². The lowest BCUT2D eigenvalue weighted by atomic mass is 10.1. The molecule has 0 aliphatic carbocycles. The molecule has 0 heterocycles. The van der Waals surface area contributed by atoms with Crippen LogP contribution in [0.2, 0.25) is 0 Å². The van der Waals surface area contributed by atoms with Gasteiger partial charge in [-0.25, -0.2) is 0 Å². The van der Waals surface area contributed by atoms with Crippen LogP contribution < -0.4 is 5.73 Å². The van der Waals surface area contributed by atoms with Crippen LogP contribution in [0.3, 0.4) is 0 Å². The van der Waals surface area contributed by atoms with Crippen LogP contribution in [-0.4, -0.2) is 28.4 Å². The molecule has 0 aromatic heterocycles. The van der Waals surface area contributed by atoms with Crippen molar-refractivity contribution in [1.29, 1.82) is 0 Å². The zero-order valence-corrected chi connectivity index (χ0v) is 12.4. The Morgan fingerprint density at radius 2 is 1.86 bits per heavy atom. The number of rotatable bonds is 7. The van der Waals surface area contributed by atoms with E-state index in [1.807, 2.05) is 0 Å². The summed E-state index contributed by atoms with van der Waals surface area (Å²) in [6.07, 6.45) is 0. The Morgan fingerprint density at radius 1 is 1.33 bits per heavy atom. The van der Waals surface area contributed by atoms with Crippen LogP contribution in [0.15, 0.2) is 12.1 Å². The van der Waals surface area contributed by atoms with E-state index in [0.717, 1.165) is 12.1 Å². The SMILES string of the molecule is CCOP(=O)(OCC)[C@H](N)c1cc(O)c(O)c([N+](=O)[O-])c1. The summed E-state index contributed by atoms with van der Waals surface area (Å²) in [4.78, 5) is 9.92. The van der Waals surface area contributed by atoms with E-state index in [1.165, 1.54) is 0 Å². The van der Waals surface area contributed by atoms with Crippen molar-refractivity contribution in [3.05, 3.63) is 27.8 Å². The first kappa shape index (κ1) is 17.4. The molecule has 4 N–H and O–H groups in total. The lowest BCUT2D eigenvalue weighted by molar-refractivity contribution is -0.386. The van der Waals surface area contributed by atoms with Gasteiger partial charge in [0.1, 0.15) is 5.78 Å². The third-order valence-corrected chi connectivity index (χ3v) is 4.80. The molecule has 1 rings (SSSR count). The maximum atomic E-state index is 12.5. The zero-order valence-electron chi connectivity index (χ0n) is 11.6. The Balaban J connectivity index is 3.31. The van der Waals surface area contributed by atoms with Gasteiger partial charge in [0.25, 0.3) is 0 Å². The van der Waals surface area contributed by atoms with E-state index >= 15 is 0 Å². The first-order chi connectivity index (χ1) is 9.76. The number of phenols is 2. The molecule has 0 spiro atoms. The Kier molecular flexibility index (Phi) is 5.68. The second-order valence-electron chi connectivity index (χ2n) is 3.99. The summed E-state index contributed by atoms with van der Waals surface area (Å²) in [5, 5.41) is 29.8. The first-order valence-electron chi connectivity index (χ1n) is 6.11. The van der Waals surface area contributed by atoms with Gasteiger partial charge >= 0.3 is 13.3 Å². The van der Waals surface area contributed by atoms with Crippen LogP contribution in [0.4, 0.5) is 5.69 Å². The molecule has 0 aliphatic rings. The van der Waals surface area contributed by atoms with Crippen molar-refractivity contribution in [2.45, 2.75) is 19.6 Å². The van der Waals surface area contributed by atoms with E-state index in [4.69, 9.17) is 14.8 Å². The van der Waals surface area contributed by atoms with Crippen LogP contribution in [0.25, 0.3) is 0 Å². The van der Waals surface area contributed by atoms with Crippen LogP contribution in [0.5, 0.6) is 11.5 Å². The van der Waals surface area contributed by atoms with Gasteiger partial charge in [0.2, 0.25) is 5.75 Å². The average molecular weight is 320 g/mol. The Morgan fingerprint density at radius 3 is 2.29 bits per heavy atom. The number of hydrogen-bond donors (Lipinski definition) is 3. The Bertz CT molecular complexity index is 568. The second kappa shape index (κ2) is 6.86. The molecule has 9 nitrogen and oxygen atoms in total. The van der Waals surface area contributed by atoms with Crippen molar-refractivity contribution in [2.75, 3.05) is 13.2 Å². The van der Waals surface area contributed by atoms with Gasteiger partial charge in [0, 0.05) is 6.07 Å². The molecule has 10 heteroatoms. The van der Waals surface area contributed by atoms with Gasteiger partial charge in [-0.3, -0.25) is 14.7 Å². The fourth-order valence-electron chi connectivity index (χ4n) is 1.68. The zero-order chi connectivity index (χ0) is 16.2. The molecule has 0 radical (unpaired) electrons. The highest BCUT2D eigenvalue weighted by Gasteiger charge is 2.36. The highest BCUT2D eigenvalue weighted by molar-refractivity contribution is 7.54. The smallest absolute Gasteiger partial charge is 0.351 e. The molecule has 0 fully saturated rings. The second-order valence-corrected chi connectivity index (χ2v) is 6.14. The van der Waals surface area contributed by atoms with Crippen molar-refractivity contribution < 1.29 is 28.7 Å². The number of nitrogens with two attached hydrogens (primary N) is 1. The van der Waals surface area contributed by atoms with Crippen molar-refractivity contribution in [1.82, 2.24) is 0 Å². The third kappa shape index (κ3) is 3.70. The maximum absolute atomic E-state index is 12.5. The van der Waals surface area contributed by atoms with Crippen LogP contribution >= 0.6 is 7.60 Å². The van der Waals surface area contributed by atoms with E-state index < -0.39 is 35.5 Å². The molecule has 0 bridgehead atoms. The van der Waals surface area contributed by atoms with E-state index in [2.05, 4.69) is 0 Å². The lowest BCUT2D eigenvalue weighted by Crippen LogP contribution is -2.15. The highest BCUT2D eigenvalue weighted by atomic mass is 31.2. The topological polar surface area (TPSA) is 145 Å². The summed E-state index contributed by atoms with van der Waals surface area (Å²) in [6, 6.07) is 1.90. The predicted molar refractivity (Wildman–Crippen MR) is 74.2 cm³/mol. The summed E-state index contributed by atoms with van der Waals surface area (Å²) in [5.41, 5.74) is 5.02. The third-order valence-electron chi connectivity index (χ3n) is 2.59. The van der Waals surface area contributed by atoms with E-state index in [0.29, 0.717) is 0 Å². The molecule has 1 atom stereocenters. The maximum Gasteiger partial charge on any atom is 0.351 e. The van der Waals surface area contributed by atoms with Gasteiger partial charge < -0.3 is 25.0 Å². The molecule has 21 heavy (non-hydrogen) atoms. The molecule has 0 amide bonds. The van der Waals surface area contributed by atoms with Crippen molar-refractivity contribution in [3.63, 3.8) is 0 Å². The summed E-state index contributed by atoms with van der Waals surface area (Å²) in [6.45, 7) is 3.32. The van der Waals surface area contributed by atoms with Crippen LogP contribution in [-0.2, 0) is 13.6 Å². The van der Waals surface area contributed by atoms with Gasteiger partial charge in [0.05, 0.1) is 18.1 Å². The van der Waals surface area contributed by atoms with Crippen LogP contribution in [0.1, 0.15) is 25.2 Å². The number of hydrogen-bond acceptors (Lipinski definition) is 8. The number of nitrogens with zero attached hydrogens (tertiary/aromatic N) is 1. The van der Waals surface area contributed by atoms with Gasteiger partial charge in [-0.15, -0.1) is 0 Å². The molecule has 118 valence electrons. The standard InChI is InChI=1S/C11H17N2O7P/c1-3-19-21(18,20-4-2)11(12)7-5-8(13(16)17)10(15)9(14)6-7/h5-6,11,14-15H,3-4,12H2,1-2H3/t11-/m0/s1. The summed E-state index contributed by atoms with van der Waals surface area (Å²) in [7, 11) is -3.75. The number of benzene rings is 1. The lowest BCUT2D eigenvalue weighted by Gasteiger charge is -2.23. The fraction of sp³-hybridized carbons (Fsp3) is 0.455. The normalized spacial score (nSPS) is 13.1. The largest absolute Gasteiger partial charge is 0.504 e. The summed E-state index contributed by atoms with van der Waals surface area (Å²) < 4.78 is 22.6. The number of nitro benzene ring substituents is 1. The number of aromatic hydroxyl groups is 2. The molecule has 0 unspecified atom stereocenters. The van der Waals surface area contributed by atoms with Gasteiger partial charge in [0.15, 0.2) is 5.75 Å². The summed E-state index contributed by atoms with van der Waals surface area (Å²) in [5.74, 6) is -2.96. The Labute approximate surface area is 121 Å². The molecular weight excluding hydrogens is 303 g/mol. The first-order valence-corrected chi connectivity index (χ1v) is 7.72. The molecule has 1 aromatic rings. The van der Waals surface area contributed by atoms with Crippen molar-refractivity contribution in [2.24, 2.45) is 5.73 Å². The van der Waals surface area contributed by atoms with E-state index in [9.17, 15) is 24.9 Å². The number of nitro groups is 1. The van der Waals surface area contributed by atoms with Gasteiger partial charge in [-0.1, -0.05) is 0 Å². The molecule has 0 saturated heterocycles. The molecule has 0 aliphatic heterocycles. The molecule has 1 aromatic carbocycles. The molecular formula is C11H17N2O7P. The van der Waals surface area contributed by atoms with E-state index in [1.54, 1.807) is 13.8 Å². The minimum Gasteiger partial charge on any atom is -0.504 e. The minimum absolute atomic E-state index is 0.0396. The average Bonchev–Trinajstić information content (AvgIpc) is 2.41. The summed E-state index contributed by atoms with van der Waals surface area (Å²) >= 11 is 0. The van der Waals surface area contributed by atoms with Gasteiger partial charge in [-0.2, -0.15) is 0 Å². The number of phenolic OH excluding ortho intramolecular Hbond substituents is 2. The highest BCUT2D eigenvalue weighted by Crippen LogP contribution is 2.59. The quantitative estimate of drug-likeness (QED) is 0.300. The monoisotopic (exact) mass is 320 g/mol. The Hall–Kier alpha value is -1.67. The minimum atomic E-state index is -3.75. The van der Waals surface area contributed by atoms with Crippen molar-refractivity contribution >= 4 is 13.3 Å². The van der Waals surface area contributed by atoms with Gasteiger partial charge in [-0.05, 0) is 25.5 Å². The fourth-order valence-corrected chi connectivity index (χ4v) is 3.31.